The molecule has 0 fully saturated rings. The highest BCUT2D eigenvalue weighted by molar-refractivity contribution is 5.95. The Morgan fingerprint density at radius 2 is 1.57 bits per heavy atom. The maximum atomic E-state index is 13.5. The molecule has 6 nitrogen and oxygen atoms in total. The number of nitrogens with zero attached hydrogens (tertiary/aromatic N) is 1. The highest BCUT2D eigenvalue weighted by atomic mass is 16.5. The summed E-state index contributed by atoms with van der Waals surface area (Å²) in [6, 6.07) is 15.3. The van der Waals surface area contributed by atoms with Gasteiger partial charge in [0.05, 0.1) is 12.7 Å². The van der Waals surface area contributed by atoms with Gasteiger partial charge in [-0.25, -0.2) is 4.79 Å². The Morgan fingerprint density at radius 3 is 2.14 bits per heavy atom. The van der Waals surface area contributed by atoms with Crippen LogP contribution in [0.5, 0.6) is 5.75 Å². The minimum absolute atomic E-state index is 0.0898. The van der Waals surface area contributed by atoms with E-state index in [1.165, 1.54) is 0 Å². The van der Waals surface area contributed by atoms with Gasteiger partial charge in [0, 0.05) is 24.2 Å². The monoisotopic (exact) mass is 501 g/mol. The zero-order valence-electron chi connectivity index (χ0n) is 22.6. The Bertz CT molecular complexity index is 1350. The SMILES string of the molecule is COc1cccc(C(=O)N2Cc3c(C)c(-c4ccc(C)cc4)c(C(OC(C)(C)C)C(=O)O)c(C)c3C2)c1. The summed E-state index contributed by atoms with van der Waals surface area (Å²) in [5.41, 5.74) is 7.35. The predicted octanol–water partition coefficient (Wildman–Crippen LogP) is 6.38. The number of ether oxygens (including phenoxy) is 2. The lowest BCUT2D eigenvalue weighted by Crippen LogP contribution is -2.28. The third kappa shape index (κ3) is 5.25. The first kappa shape index (κ1) is 26.4. The summed E-state index contributed by atoms with van der Waals surface area (Å²) >= 11 is 0. The first-order valence-corrected chi connectivity index (χ1v) is 12.5. The number of methoxy groups -OCH3 is 1. The van der Waals surface area contributed by atoms with Crippen molar-refractivity contribution in [3.8, 4) is 16.9 Å². The van der Waals surface area contributed by atoms with Crippen LogP contribution >= 0.6 is 0 Å². The lowest BCUT2D eigenvalue weighted by molar-refractivity contribution is -0.160. The van der Waals surface area contributed by atoms with Gasteiger partial charge in [-0.2, -0.15) is 0 Å². The summed E-state index contributed by atoms with van der Waals surface area (Å²) in [5.74, 6) is -0.497. The molecule has 1 aliphatic heterocycles. The molecule has 1 N–H and O–H groups in total. The smallest absolute Gasteiger partial charge is 0.337 e. The summed E-state index contributed by atoms with van der Waals surface area (Å²) < 4.78 is 11.4. The van der Waals surface area contributed by atoms with Crippen LogP contribution in [-0.2, 0) is 22.6 Å². The number of carbonyl (C=O) groups is 2. The number of rotatable bonds is 6. The highest BCUT2D eigenvalue weighted by Gasteiger charge is 2.36. The summed E-state index contributed by atoms with van der Waals surface area (Å²) in [6.45, 7) is 12.4. The van der Waals surface area contributed by atoms with E-state index in [2.05, 4.69) is 0 Å². The molecule has 37 heavy (non-hydrogen) atoms. The second-order valence-electron chi connectivity index (χ2n) is 10.7. The summed E-state index contributed by atoms with van der Waals surface area (Å²) in [6.07, 6.45) is -1.15. The summed E-state index contributed by atoms with van der Waals surface area (Å²) in [4.78, 5) is 27.9. The maximum Gasteiger partial charge on any atom is 0.337 e. The number of carboxylic acid groups (broad SMARTS) is 1. The molecule has 0 radical (unpaired) electrons. The van der Waals surface area contributed by atoms with Crippen LogP contribution in [-0.4, -0.2) is 34.6 Å². The Morgan fingerprint density at radius 1 is 0.946 bits per heavy atom. The van der Waals surface area contributed by atoms with E-state index in [9.17, 15) is 14.7 Å². The van der Waals surface area contributed by atoms with E-state index in [1.54, 1.807) is 25.3 Å². The molecule has 1 amide bonds. The molecule has 0 saturated carbocycles. The number of carboxylic acids is 1. The van der Waals surface area contributed by atoms with Gasteiger partial charge >= 0.3 is 5.97 Å². The van der Waals surface area contributed by atoms with E-state index in [0.717, 1.165) is 38.9 Å². The molecular weight excluding hydrogens is 466 g/mol. The van der Waals surface area contributed by atoms with E-state index >= 15 is 0 Å². The van der Waals surface area contributed by atoms with Crippen LogP contribution in [0.2, 0.25) is 0 Å². The zero-order chi connectivity index (χ0) is 27.1. The van der Waals surface area contributed by atoms with Gasteiger partial charge in [-0.15, -0.1) is 0 Å². The van der Waals surface area contributed by atoms with Crippen LogP contribution < -0.4 is 4.74 Å². The van der Waals surface area contributed by atoms with Crippen LogP contribution in [0.4, 0.5) is 0 Å². The lowest BCUT2D eigenvalue weighted by Gasteiger charge is -2.29. The topological polar surface area (TPSA) is 76.1 Å². The van der Waals surface area contributed by atoms with Crippen LogP contribution in [0.1, 0.15) is 70.6 Å². The third-order valence-electron chi connectivity index (χ3n) is 6.92. The molecule has 6 heteroatoms. The fourth-order valence-electron chi connectivity index (χ4n) is 5.11. The van der Waals surface area contributed by atoms with Crippen molar-refractivity contribution in [1.82, 2.24) is 4.90 Å². The Balaban J connectivity index is 1.88. The van der Waals surface area contributed by atoms with Gasteiger partial charge in [-0.1, -0.05) is 35.9 Å². The fourth-order valence-corrected chi connectivity index (χ4v) is 5.11. The maximum absolute atomic E-state index is 13.5. The highest BCUT2D eigenvalue weighted by Crippen LogP contribution is 2.44. The Labute approximate surface area is 218 Å². The standard InChI is InChI=1S/C31H35NO5/c1-18-11-13-21(14-12-18)26-19(2)24-16-32(29(33)22-9-8-10-23(15-22)36-7)17-25(24)20(3)27(26)28(30(34)35)37-31(4,5)6/h8-15,28H,16-17H2,1-7H3,(H,34,35). The Hall–Kier alpha value is -3.64. The van der Waals surface area contributed by atoms with Gasteiger partial charge in [-0.05, 0) is 93.1 Å². The van der Waals surface area contributed by atoms with E-state index in [4.69, 9.17) is 9.47 Å². The minimum Gasteiger partial charge on any atom is -0.497 e. The number of fused-ring (bicyclic) bond motifs is 1. The second kappa shape index (κ2) is 10.0. The van der Waals surface area contributed by atoms with Gasteiger partial charge in [0.25, 0.3) is 5.91 Å². The number of benzene rings is 3. The predicted molar refractivity (Wildman–Crippen MR) is 144 cm³/mol. The molecule has 1 atom stereocenters. The third-order valence-corrected chi connectivity index (χ3v) is 6.92. The molecule has 0 aromatic heterocycles. The molecule has 1 heterocycles. The molecule has 0 bridgehead atoms. The normalized spacial score (nSPS) is 13.9. The second-order valence-corrected chi connectivity index (χ2v) is 10.7. The zero-order valence-corrected chi connectivity index (χ0v) is 22.6. The number of hydrogen-bond acceptors (Lipinski definition) is 4. The van der Waals surface area contributed by atoms with E-state index in [1.807, 2.05) is 76.8 Å². The molecule has 4 rings (SSSR count). The van der Waals surface area contributed by atoms with Crippen molar-refractivity contribution >= 4 is 11.9 Å². The Kier molecular flexibility index (Phi) is 7.16. The average Bonchev–Trinajstić information content (AvgIpc) is 3.31. The molecule has 0 saturated heterocycles. The quantitative estimate of drug-likeness (QED) is 0.424. The van der Waals surface area contributed by atoms with Crippen molar-refractivity contribution in [1.29, 1.82) is 0 Å². The van der Waals surface area contributed by atoms with E-state index in [-0.39, 0.29) is 5.91 Å². The van der Waals surface area contributed by atoms with Crippen LogP contribution in [0, 0.1) is 20.8 Å². The van der Waals surface area contributed by atoms with Crippen LogP contribution in [0.3, 0.4) is 0 Å². The largest absolute Gasteiger partial charge is 0.497 e. The number of amides is 1. The van der Waals surface area contributed by atoms with Crippen LogP contribution in [0.15, 0.2) is 48.5 Å². The number of hydrogen-bond donors (Lipinski definition) is 1. The van der Waals surface area contributed by atoms with Crippen molar-refractivity contribution < 1.29 is 24.2 Å². The summed E-state index contributed by atoms with van der Waals surface area (Å²) in [7, 11) is 1.58. The van der Waals surface area contributed by atoms with Crippen LogP contribution in [0.25, 0.3) is 11.1 Å². The molecule has 194 valence electrons. The van der Waals surface area contributed by atoms with Crippen molar-refractivity contribution in [3.05, 3.63) is 87.5 Å². The average molecular weight is 502 g/mol. The number of aliphatic carboxylic acids is 1. The van der Waals surface area contributed by atoms with Crippen molar-refractivity contribution in [2.45, 2.75) is 66.3 Å². The molecule has 1 unspecified atom stereocenters. The first-order valence-electron chi connectivity index (χ1n) is 12.5. The molecule has 3 aromatic carbocycles. The van der Waals surface area contributed by atoms with E-state index in [0.29, 0.717) is 30.0 Å². The number of carbonyl (C=O) groups excluding carboxylic acids is 1. The minimum atomic E-state index is -1.15. The first-order chi connectivity index (χ1) is 17.4. The molecular formula is C31H35NO5. The molecule has 0 aliphatic carbocycles. The van der Waals surface area contributed by atoms with Crippen molar-refractivity contribution in [2.24, 2.45) is 0 Å². The molecule has 1 aliphatic rings. The lowest BCUT2D eigenvalue weighted by atomic mass is 9.83. The van der Waals surface area contributed by atoms with Gasteiger partial charge in [0.1, 0.15) is 5.75 Å². The van der Waals surface area contributed by atoms with Crippen molar-refractivity contribution in [2.75, 3.05) is 7.11 Å². The van der Waals surface area contributed by atoms with Gasteiger partial charge in [-0.3, -0.25) is 4.79 Å². The number of aryl methyl sites for hydroxylation is 1. The molecule has 3 aromatic rings. The van der Waals surface area contributed by atoms with Gasteiger partial charge < -0.3 is 19.5 Å². The van der Waals surface area contributed by atoms with Gasteiger partial charge in [0.15, 0.2) is 6.10 Å². The van der Waals surface area contributed by atoms with Crippen molar-refractivity contribution in [3.63, 3.8) is 0 Å². The van der Waals surface area contributed by atoms with Gasteiger partial charge in [0.2, 0.25) is 0 Å². The van der Waals surface area contributed by atoms with E-state index < -0.39 is 17.7 Å². The fraction of sp³-hybridized carbons (Fsp3) is 0.355. The molecule has 0 spiro atoms. The summed E-state index contributed by atoms with van der Waals surface area (Å²) in [5, 5.41) is 10.3.